The molecule has 1 saturated heterocycles. The first-order valence-corrected chi connectivity index (χ1v) is 10.5. The largest absolute Gasteiger partial charge is 0.478 e. The summed E-state index contributed by atoms with van der Waals surface area (Å²) in [6.45, 7) is 1.37. The van der Waals surface area contributed by atoms with Crippen molar-refractivity contribution in [2.75, 3.05) is 19.7 Å². The first-order valence-electron chi connectivity index (χ1n) is 10.5. The number of carboxylic acids is 1. The molecule has 1 N–H and O–H groups in total. The smallest absolute Gasteiger partial charge is 0.409 e. The van der Waals surface area contributed by atoms with E-state index in [1.807, 2.05) is 24.3 Å². The lowest BCUT2D eigenvalue weighted by atomic mass is 9.98. The van der Waals surface area contributed by atoms with Gasteiger partial charge in [-0.3, -0.25) is 4.68 Å². The molecule has 31 heavy (non-hydrogen) atoms. The van der Waals surface area contributed by atoms with Gasteiger partial charge in [0.1, 0.15) is 6.61 Å². The first-order chi connectivity index (χ1) is 15.1. The van der Waals surface area contributed by atoms with Gasteiger partial charge in [-0.05, 0) is 35.1 Å². The van der Waals surface area contributed by atoms with Crippen LogP contribution in [0.25, 0.3) is 11.1 Å². The number of aromatic nitrogens is 2. The van der Waals surface area contributed by atoms with E-state index in [-0.39, 0.29) is 23.6 Å². The topological polar surface area (TPSA) is 84.7 Å². The van der Waals surface area contributed by atoms with Crippen molar-refractivity contribution in [3.8, 4) is 11.1 Å². The fourth-order valence-corrected chi connectivity index (χ4v) is 4.67. The third-order valence-corrected chi connectivity index (χ3v) is 6.21. The van der Waals surface area contributed by atoms with E-state index < -0.39 is 5.97 Å². The van der Waals surface area contributed by atoms with Crippen LogP contribution in [0.1, 0.15) is 46.3 Å². The standard InChI is InChI=1S/C24H23N3O4/c28-23(29)16-12-25-27(13-16)17-6-5-11-26(14-17)24(30)31-15-22-20-9-3-1-7-18(20)19-8-2-4-10-21(19)22/h1-4,7-10,12-13,17,22H,5-6,11,14-15H2,(H,28,29). The number of carbonyl (C=O) groups excluding carboxylic acids is 1. The fourth-order valence-electron chi connectivity index (χ4n) is 4.67. The zero-order chi connectivity index (χ0) is 21.4. The van der Waals surface area contributed by atoms with Crippen LogP contribution in [0.3, 0.4) is 0 Å². The van der Waals surface area contributed by atoms with Gasteiger partial charge in [0.05, 0.1) is 17.8 Å². The number of likely N-dealkylation sites (tertiary alicyclic amines) is 1. The second-order valence-corrected chi connectivity index (χ2v) is 8.06. The second-order valence-electron chi connectivity index (χ2n) is 8.06. The van der Waals surface area contributed by atoms with E-state index in [0.717, 1.165) is 12.8 Å². The van der Waals surface area contributed by atoms with Crippen molar-refractivity contribution in [3.05, 3.63) is 77.6 Å². The third-order valence-electron chi connectivity index (χ3n) is 6.21. The summed E-state index contributed by atoms with van der Waals surface area (Å²) in [6, 6.07) is 16.5. The lowest BCUT2D eigenvalue weighted by Gasteiger charge is -2.32. The molecule has 2 aromatic carbocycles. The van der Waals surface area contributed by atoms with Gasteiger partial charge in [-0.15, -0.1) is 0 Å². The molecule has 7 heteroatoms. The van der Waals surface area contributed by atoms with Crippen molar-refractivity contribution in [1.82, 2.24) is 14.7 Å². The minimum atomic E-state index is -1.00. The number of piperidine rings is 1. The van der Waals surface area contributed by atoms with Crippen molar-refractivity contribution in [2.24, 2.45) is 0 Å². The Kier molecular flexibility index (Phi) is 4.94. The number of nitrogens with zero attached hydrogens (tertiary/aromatic N) is 3. The van der Waals surface area contributed by atoms with Crippen molar-refractivity contribution in [1.29, 1.82) is 0 Å². The highest BCUT2D eigenvalue weighted by atomic mass is 16.6. The number of rotatable bonds is 4. The normalized spacial score (nSPS) is 17.8. The molecule has 0 radical (unpaired) electrons. The number of ether oxygens (including phenoxy) is 1. The molecule has 1 amide bonds. The van der Waals surface area contributed by atoms with Gasteiger partial charge in [-0.25, -0.2) is 9.59 Å². The highest BCUT2D eigenvalue weighted by Crippen LogP contribution is 2.44. The summed E-state index contributed by atoms with van der Waals surface area (Å²) in [5.74, 6) is -0.975. The molecule has 7 nitrogen and oxygen atoms in total. The van der Waals surface area contributed by atoms with Crippen molar-refractivity contribution in [3.63, 3.8) is 0 Å². The monoisotopic (exact) mass is 417 g/mol. The molecular formula is C24H23N3O4. The zero-order valence-corrected chi connectivity index (χ0v) is 17.0. The first kappa shape index (κ1) is 19.4. The number of fused-ring (bicyclic) bond motifs is 3. The number of benzene rings is 2. The van der Waals surface area contributed by atoms with Crippen LogP contribution in [0, 0.1) is 0 Å². The average molecular weight is 417 g/mol. The Morgan fingerprint density at radius 1 is 1.06 bits per heavy atom. The average Bonchev–Trinajstić information content (AvgIpc) is 3.42. The van der Waals surface area contributed by atoms with E-state index in [0.29, 0.717) is 19.7 Å². The Morgan fingerprint density at radius 3 is 2.39 bits per heavy atom. The molecule has 2 aliphatic rings. The molecule has 0 bridgehead atoms. The minimum Gasteiger partial charge on any atom is -0.478 e. The van der Waals surface area contributed by atoms with Gasteiger partial charge in [0.2, 0.25) is 0 Å². The van der Waals surface area contributed by atoms with Gasteiger partial charge < -0.3 is 14.7 Å². The Bertz CT molecular complexity index is 1090. The number of carbonyl (C=O) groups is 2. The predicted molar refractivity (Wildman–Crippen MR) is 114 cm³/mol. The van der Waals surface area contributed by atoms with Crippen LogP contribution < -0.4 is 0 Å². The molecule has 0 spiro atoms. The molecule has 3 aromatic rings. The Balaban J connectivity index is 1.27. The summed E-state index contributed by atoms with van der Waals surface area (Å²) in [4.78, 5) is 25.7. The van der Waals surface area contributed by atoms with Gasteiger partial charge in [0.25, 0.3) is 0 Å². The fraction of sp³-hybridized carbons (Fsp3) is 0.292. The van der Waals surface area contributed by atoms with E-state index in [1.165, 1.54) is 34.6 Å². The zero-order valence-electron chi connectivity index (χ0n) is 17.0. The van der Waals surface area contributed by atoms with Crippen LogP contribution in [0.4, 0.5) is 4.79 Å². The number of carboxylic acid groups (broad SMARTS) is 1. The molecule has 1 aliphatic carbocycles. The Labute approximate surface area is 179 Å². The maximum Gasteiger partial charge on any atom is 0.409 e. The number of aromatic carboxylic acids is 1. The summed E-state index contributed by atoms with van der Waals surface area (Å²) >= 11 is 0. The van der Waals surface area contributed by atoms with Crippen LogP contribution in [-0.2, 0) is 4.74 Å². The van der Waals surface area contributed by atoms with Crippen LogP contribution in [0.2, 0.25) is 0 Å². The minimum absolute atomic E-state index is 0.0289. The van der Waals surface area contributed by atoms with Crippen LogP contribution in [-0.4, -0.2) is 51.5 Å². The lowest BCUT2D eigenvalue weighted by molar-refractivity contribution is 0.0694. The lowest BCUT2D eigenvalue weighted by Crippen LogP contribution is -2.41. The van der Waals surface area contributed by atoms with Gasteiger partial charge in [-0.2, -0.15) is 5.10 Å². The van der Waals surface area contributed by atoms with Crippen molar-refractivity contribution in [2.45, 2.75) is 24.8 Å². The van der Waals surface area contributed by atoms with E-state index in [1.54, 1.807) is 9.58 Å². The predicted octanol–water partition coefficient (Wildman–Crippen LogP) is 4.17. The van der Waals surface area contributed by atoms with Crippen molar-refractivity contribution >= 4 is 12.1 Å². The second kappa shape index (κ2) is 7.91. The highest BCUT2D eigenvalue weighted by molar-refractivity contribution is 5.86. The van der Waals surface area contributed by atoms with Gasteiger partial charge >= 0.3 is 12.1 Å². The maximum absolute atomic E-state index is 12.8. The molecule has 1 aliphatic heterocycles. The Hall–Kier alpha value is -3.61. The summed E-state index contributed by atoms with van der Waals surface area (Å²) in [5.41, 5.74) is 4.92. The third kappa shape index (κ3) is 3.56. The van der Waals surface area contributed by atoms with Gasteiger partial charge in [-0.1, -0.05) is 48.5 Å². The highest BCUT2D eigenvalue weighted by Gasteiger charge is 2.31. The molecule has 0 saturated carbocycles. The SMILES string of the molecule is O=C(O)c1cnn(C2CCCN(C(=O)OCC3c4ccccc4-c4ccccc43)C2)c1. The van der Waals surface area contributed by atoms with E-state index in [4.69, 9.17) is 9.84 Å². The maximum atomic E-state index is 12.8. The van der Waals surface area contributed by atoms with Crippen LogP contribution in [0.15, 0.2) is 60.9 Å². The molecule has 1 atom stereocenters. The van der Waals surface area contributed by atoms with E-state index >= 15 is 0 Å². The van der Waals surface area contributed by atoms with E-state index in [9.17, 15) is 9.59 Å². The number of hydrogen-bond donors (Lipinski definition) is 1. The molecule has 1 fully saturated rings. The summed E-state index contributed by atoms with van der Waals surface area (Å²) in [6.07, 6.45) is 4.19. The van der Waals surface area contributed by atoms with Crippen molar-refractivity contribution < 1.29 is 19.4 Å². The van der Waals surface area contributed by atoms with Crippen LogP contribution in [0.5, 0.6) is 0 Å². The Morgan fingerprint density at radius 2 is 1.74 bits per heavy atom. The van der Waals surface area contributed by atoms with Crippen LogP contribution >= 0.6 is 0 Å². The molecule has 1 aromatic heterocycles. The number of hydrogen-bond acceptors (Lipinski definition) is 4. The quantitative estimate of drug-likeness (QED) is 0.689. The molecule has 2 heterocycles. The molecular weight excluding hydrogens is 394 g/mol. The molecule has 5 rings (SSSR count). The number of amides is 1. The van der Waals surface area contributed by atoms with Gasteiger partial charge in [0, 0.05) is 25.2 Å². The molecule has 158 valence electrons. The van der Waals surface area contributed by atoms with E-state index in [2.05, 4.69) is 29.4 Å². The molecule has 1 unspecified atom stereocenters. The summed E-state index contributed by atoms with van der Waals surface area (Å²) in [7, 11) is 0. The summed E-state index contributed by atoms with van der Waals surface area (Å²) in [5, 5.41) is 13.3. The summed E-state index contributed by atoms with van der Waals surface area (Å²) < 4.78 is 7.42. The van der Waals surface area contributed by atoms with Gasteiger partial charge in [0.15, 0.2) is 0 Å².